The fraction of sp³-hybridized carbons (Fsp3) is 0.250. The standard InChI is InChI=1S/C20H22N4Si/c1-25(2,19-11-7-4-8-12-19)15-20(13-21,14-24-17-22-16-23-24)18-9-5-3-6-10-18/h3-12,16-17H,14-15H2,1-2H3. The van der Waals surface area contributed by atoms with Crippen molar-refractivity contribution >= 4 is 13.3 Å². The highest BCUT2D eigenvalue weighted by molar-refractivity contribution is 6.90. The molecule has 0 bridgehead atoms. The van der Waals surface area contributed by atoms with Gasteiger partial charge in [0.05, 0.1) is 26.1 Å². The number of nitrogens with zero attached hydrogens (tertiary/aromatic N) is 4. The molecule has 4 nitrogen and oxygen atoms in total. The third-order valence-corrected chi connectivity index (χ3v) is 8.12. The van der Waals surface area contributed by atoms with Crippen molar-refractivity contribution in [3.05, 3.63) is 78.9 Å². The van der Waals surface area contributed by atoms with Gasteiger partial charge in [0.25, 0.3) is 0 Å². The molecule has 5 heteroatoms. The van der Waals surface area contributed by atoms with Gasteiger partial charge in [0.15, 0.2) is 0 Å². The van der Waals surface area contributed by atoms with E-state index < -0.39 is 13.5 Å². The molecule has 1 heterocycles. The van der Waals surface area contributed by atoms with Crippen molar-refractivity contribution in [2.24, 2.45) is 0 Å². The summed E-state index contributed by atoms with van der Waals surface area (Å²) in [5.41, 5.74) is 0.421. The van der Waals surface area contributed by atoms with Crippen LogP contribution in [0.15, 0.2) is 73.3 Å². The Balaban J connectivity index is 2.03. The van der Waals surface area contributed by atoms with Crippen LogP contribution in [0.5, 0.6) is 0 Å². The average Bonchev–Trinajstić information content (AvgIpc) is 3.15. The SMILES string of the molecule is C[Si](C)(CC(C#N)(Cn1cncn1)c1ccccc1)c1ccccc1. The molecule has 0 saturated heterocycles. The first kappa shape index (κ1) is 17.1. The second-order valence-corrected chi connectivity index (χ2v) is 11.8. The highest BCUT2D eigenvalue weighted by atomic mass is 28.3. The van der Waals surface area contributed by atoms with E-state index >= 15 is 0 Å². The Morgan fingerprint density at radius 3 is 2.24 bits per heavy atom. The van der Waals surface area contributed by atoms with Crippen LogP contribution < -0.4 is 5.19 Å². The van der Waals surface area contributed by atoms with Gasteiger partial charge >= 0.3 is 0 Å². The lowest BCUT2D eigenvalue weighted by molar-refractivity contribution is 0.456. The highest BCUT2D eigenvalue weighted by Gasteiger charge is 2.40. The molecule has 0 aliphatic carbocycles. The van der Waals surface area contributed by atoms with Crippen molar-refractivity contribution in [2.45, 2.75) is 31.1 Å². The van der Waals surface area contributed by atoms with E-state index in [0.717, 1.165) is 11.6 Å². The lowest BCUT2D eigenvalue weighted by atomic mass is 9.83. The van der Waals surface area contributed by atoms with E-state index in [1.165, 1.54) is 11.5 Å². The topological polar surface area (TPSA) is 54.5 Å². The van der Waals surface area contributed by atoms with Gasteiger partial charge in [-0.3, -0.25) is 4.68 Å². The molecule has 0 N–H and O–H groups in total. The molecular formula is C20H22N4Si. The van der Waals surface area contributed by atoms with Crippen LogP contribution in [0.1, 0.15) is 5.56 Å². The molecule has 1 unspecified atom stereocenters. The molecule has 1 atom stereocenters. The zero-order valence-corrected chi connectivity index (χ0v) is 15.6. The van der Waals surface area contributed by atoms with Crippen LogP contribution in [0.4, 0.5) is 0 Å². The normalized spacial score (nSPS) is 13.8. The van der Waals surface area contributed by atoms with Gasteiger partial charge in [-0.25, -0.2) is 4.98 Å². The van der Waals surface area contributed by atoms with E-state index in [-0.39, 0.29) is 0 Å². The molecule has 0 aliphatic rings. The van der Waals surface area contributed by atoms with Gasteiger partial charge in [-0.15, -0.1) is 0 Å². The molecule has 0 fully saturated rings. The number of hydrogen-bond donors (Lipinski definition) is 0. The summed E-state index contributed by atoms with van der Waals surface area (Å²) in [6.45, 7) is 5.17. The predicted molar refractivity (Wildman–Crippen MR) is 102 cm³/mol. The summed E-state index contributed by atoms with van der Waals surface area (Å²) in [6.07, 6.45) is 3.21. The predicted octanol–water partition coefficient (Wildman–Crippen LogP) is 3.36. The minimum Gasteiger partial charge on any atom is -0.251 e. The Morgan fingerprint density at radius 2 is 1.68 bits per heavy atom. The molecule has 0 aliphatic heterocycles. The minimum atomic E-state index is -1.84. The third kappa shape index (κ3) is 3.70. The van der Waals surface area contributed by atoms with Crippen LogP contribution in [0.25, 0.3) is 0 Å². The Bertz CT molecular complexity index is 838. The number of hydrogen-bond acceptors (Lipinski definition) is 3. The maximum atomic E-state index is 10.2. The van der Waals surface area contributed by atoms with E-state index in [0.29, 0.717) is 6.54 Å². The maximum absolute atomic E-state index is 10.2. The third-order valence-electron chi connectivity index (χ3n) is 4.74. The van der Waals surface area contributed by atoms with Crippen LogP contribution in [0, 0.1) is 11.3 Å². The van der Waals surface area contributed by atoms with Crippen LogP contribution in [0.2, 0.25) is 19.1 Å². The largest absolute Gasteiger partial charge is 0.251 e. The van der Waals surface area contributed by atoms with Crippen LogP contribution in [0.3, 0.4) is 0 Å². The molecule has 0 saturated carbocycles. The molecule has 1 aromatic heterocycles. The second-order valence-electron chi connectivity index (χ2n) is 7.08. The van der Waals surface area contributed by atoms with Gasteiger partial charge in [-0.1, -0.05) is 78.9 Å². The van der Waals surface area contributed by atoms with Crippen molar-refractivity contribution < 1.29 is 0 Å². The van der Waals surface area contributed by atoms with Gasteiger partial charge in [0.1, 0.15) is 12.7 Å². The summed E-state index contributed by atoms with van der Waals surface area (Å²) < 4.78 is 1.77. The summed E-state index contributed by atoms with van der Waals surface area (Å²) in [7, 11) is -1.84. The molecule has 0 radical (unpaired) electrons. The zero-order chi connectivity index (χ0) is 17.8. The minimum absolute atomic E-state index is 0.511. The number of rotatable bonds is 6. The number of benzene rings is 2. The molecule has 3 aromatic rings. The smallest absolute Gasteiger partial charge is 0.137 e. The molecule has 2 aromatic carbocycles. The molecule has 0 spiro atoms. The second kappa shape index (κ2) is 7.04. The summed E-state index contributed by atoms with van der Waals surface area (Å²) in [5, 5.41) is 15.9. The van der Waals surface area contributed by atoms with Crippen LogP contribution in [-0.2, 0) is 12.0 Å². The maximum Gasteiger partial charge on any atom is 0.137 e. The molecule has 25 heavy (non-hydrogen) atoms. The van der Waals surface area contributed by atoms with E-state index in [1.54, 1.807) is 11.0 Å². The first-order valence-electron chi connectivity index (χ1n) is 8.40. The summed E-state index contributed by atoms with van der Waals surface area (Å²) in [4.78, 5) is 4.04. The Hall–Kier alpha value is -2.71. The van der Waals surface area contributed by atoms with Crippen molar-refractivity contribution in [3.8, 4) is 6.07 Å². The van der Waals surface area contributed by atoms with Gasteiger partial charge in [0, 0.05) is 0 Å². The lowest BCUT2D eigenvalue weighted by Crippen LogP contribution is -2.48. The van der Waals surface area contributed by atoms with Crippen molar-refractivity contribution in [2.75, 3.05) is 0 Å². The molecule has 3 rings (SSSR count). The quantitative estimate of drug-likeness (QED) is 0.643. The van der Waals surface area contributed by atoms with E-state index in [2.05, 4.69) is 65.6 Å². The van der Waals surface area contributed by atoms with Crippen molar-refractivity contribution in [1.29, 1.82) is 5.26 Å². The highest BCUT2D eigenvalue weighted by Crippen LogP contribution is 2.34. The summed E-state index contributed by atoms with van der Waals surface area (Å²) >= 11 is 0. The van der Waals surface area contributed by atoms with Crippen LogP contribution in [-0.4, -0.2) is 22.8 Å². The molecular weight excluding hydrogens is 324 g/mol. The first-order chi connectivity index (χ1) is 12.1. The monoisotopic (exact) mass is 346 g/mol. The fourth-order valence-electron chi connectivity index (χ4n) is 3.48. The molecule has 0 amide bonds. The van der Waals surface area contributed by atoms with E-state index in [4.69, 9.17) is 0 Å². The van der Waals surface area contributed by atoms with Gasteiger partial charge in [0.2, 0.25) is 0 Å². The van der Waals surface area contributed by atoms with E-state index in [9.17, 15) is 5.26 Å². The number of aromatic nitrogens is 3. The zero-order valence-electron chi connectivity index (χ0n) is 14.6. The van der Waals surface area contributed by atoms with Crippen LogP contribution >= 0.6 is 0 Å². The van der Waals surface area contributed by atoms with E-state index in [1.807, 2.05) is 24.3 Å². The molecule has 126 valence electrons. The Kier molecular flexibility index (Phi) is 4.82. The van der Waals surface area contributed by atoms with Gasteiger partial charge in [-0.2, -0.15) is 10.4 Å². The Labute approximate surface area is 149 Å². The summed E-state index contributed by atoms with van der Waals surface area (Å²) in [5.74, 6) is 0. The fourth-order valence-corrected chi connectivity index (χ4v) is 6.69. The summed E-state index contributed by atoms with van der Waals surface area (Å²) in [6, 6.07) is 24.1. The average molecular weight is 347 g/mol. The Morgan fingerprint density at radius 1 is 1.04 bits per heavy atom. The first-order valence-corrected chi connectivity index (χ1v) is 11.6. The lowest BCUT2D eigenvalue weighted by Gasteiger charge is -2.35. The van der Waals surface area contributed by atoms with Crippen molar-refractivity contribution in [1.82, 2.24) is 14.8 Å². The van der Waals surface area contributed by atoms with Gasteiger partial charge in [-0.05, 0) is 11.6 Å². The van der Waals surface area contributed by atoms with Gasteiger partial charge < -0.3 is 0 Å². The number of nitriles is 1. The van der Waals surface area contributed by atoms with Crippen molar-refractivity contribution in [3.63, 3.8) is 0 Å².